The molecule has 0 radical (unpaired) electrons. The lowest BCUT2D eigenvalue weighted by molar-refractivity contribution is 0.102. The summed E-state index contributed by atoms with van der Waals surface area (Å²) in [6, 6.07) is 5.20. The molecule has 26 heavy (non-hydrogen) atoms. The molecule has 3 aromatic heterocycles. The molecule has 0 aliphatic heterocycles. The van der Waals surface area contributed by atoms with E-state index in [9.17, 15) is 4.79 Å². The summed E-state index contributed by atoms with van der Waals surface area (Å²) in [6.07, 6.45) is 3.13. The molecule has 9 heteroatoms. The summed E-state index contributed by atoms with van der Waals surface area (Å²) in [7, 11) is 0. The molecule has 1 amide bonds. The molecule has 8 nitrogen and oxygen atoms in total. The molecule has 1 aromatic carbocycles. The Hall–Kier alpha value is -3.20. The van der Waals surface area contributed by atoms with Gasteiger partial charge in [0.2, 0.25) is 0 Å². The number of aryl methyl sites for hydroxylation is 1. The summed E-state index contributed by atoms with van der Waals surface area (Å²) < 4.78 is 9.97. The number of amides is 1. The highest BCUT2D eigenvalue weighted by Crippen LogP contribution is 2.17. The van der Waals surface area contributed by atoms with Crippen LogP contribution in [0.25, 0.3) is 17.0 Å². The fraction of sp³-hybridized carbons (Fsp3) is 0.176. The van der Waals surface area contributed by atoms with Gasteiger partial charge in [-0.1, -0.05) is 0 Å². The van der Waals surface area contributed by atoms with E-state index in [1.54, 1.807) is 35.3 Å². The van der Waals surface area contributed by atoms with Crippen molar-refractivity contribution in [1.82, 2.24) is 28.5 Å². The van der Waals surface area contributed by atoms with E-state index in [1.165, 1.54) is 0 Å². The zero-order valence-electron chi connectivity index (χ0n) is 14.4. The molecule has 0 unspecified atom stereocenters. The molecule has 130 valence electrons. The number of benzene rings is 1. The molecule has 0 saturated heterocycles. The zero-order valence-corrected chi connectivity index (χ0v) is 15.2. The van der Waals surface area contributed by atoms with Gasteiger partial charge in [0.1, 0.15) is 11.0 Å². The highest BCUT2D eigenvalue weighted by atomic mass is 32.1. The van der Waals surface area contributed by atoms with Crippen LogP contribution >= 0.6 is 11.7 Å². The number of rotatable bonds is 3. The molecule has 0 bridgehead atoms. The summed E-state index contributed by atoms with van der Waals surface area (Å²) in [5, 5.41) is 7.22. The summed E-state index contributed by atoms with van der Waals surface area (Å²) in [6.45, 7) is 5.93. The predicted octanol–water partition coefficient (Wildman–Crippen LogP) is 2.84. The molecule has 4 aromatic rings. The van der Waals surface area contributed by atoms with Crippen LogP contribution in [0.2, 0.25) is 0 Å². The molecule has 0 spiro atoms. The van der Waals surface area contributed by atoms with Crippen LogP contribution in [0.15, 0.2) is 30.6 Å². The molecular weight excluding hydrogens is 350 g/mol. The van der Waals surface area contributed by atoms with Gasteiger partial charge < -0.3 is 5.32 Å². The second-order valence-electron chi connectivity index (χ2n) is 5.90. The molecule has 3 heterocycles. The van der Waals surface area contributed by atoms with Gasteiger partial charge in [0.25, 0.3) is 11.9 Å². The predicted molar refractivity (Wildman–Crippen MR) is 98.7 cm³/mol. The third-order valence-electron chi connectivity index (χ3n) is 4.25. The Morgan fingerprint density at radius 2 is 1.81 bits per heavy atom. The first-order chi connectivity index (χ1) is 12.5. The second-order valence-corrected chi connectivity index (χ2v) is 6.43. The SMILES string of the molecule is Cc1nn(-c2ncc(NC(=O)c3ccc4nsnc4c3)cn2)c(C)c1C. The maximum atomic E-state index is 12.4. The van der Waals surface area contributed by atoms with Gasteiger partial charge in [0, 0.05) is 11.3 Å². The van der Waals surface area contributed by atoms with Gasteiger partial charge in [0.15, 0.2) is 0 Å². The largest absolute Gasteiger partial charge is 0.319 e. The average Bonchev–Trinajstić information content (AvgIpc) is 3.22. The Morgan fingerprint density at radius 3 is 2.50 bits per heavy atom. The number of anilines is 1. The van der Waals surface area contributed by atoms with E-state index in [2.05, 4.69) is 29.1 Å². The van der Waals surface area contributed by atoms with Crippen molar-refractivity contribution in [2.75, 3.05) is 5.32 Å². The minimum absolute atomic E-state index is 0.252. The van der Waals surface area contributed by atoms with Crippen molar-refractivity contribution in [3.05, 3.63) is 53.1 Å². The van der Waals surface area contributed by atoms with E-state index >= 15 is 0 Å². The van der Waals surface area contributed by atoms with E-state index in [0.717, 1.165) is 34.2 Å². The molecule has 0 atom stereocenters. The van der Waals surface area contributed by atoms with Crippen molar-refractivity contribution in [2.24, 2.45) is 0 Å². The lowest BCUT2D eigenvalue weighted by Crippen LogP contribution is -2.13. The van der Waals surface area contributed by atoms with Crippen LogP contribution in [0.4, 0.5) is 5.69 Å². The van der Waals surface area contributed by atoms with Crippen molar-refractivity contribution in [3.63, 3.8) is 0 Å². The number of carbonyl (C=O) groups is 1. The number of nitrogens with one attached hydrogen (secondary N) is 1. The molecular formula is C17H15N7OS. The number of aromatic nitrogens is 6. The van der Waals surface area contributed by atoms with Crippen LogP contribution in [-0.2, 0) is 0 Å². The molecule has 4 rings (SSSR count). The molecule has 0 aliphatic carbocycles. The van der Waals surface area contributed by atoms with E-state index in [1.807, 2.05) is 20.8 Å². The number of carbonyl (C=O) groups excluding carboxylic acids is 1. The van der Waals surface area contributed by atoms with E-state index in [4.69, 9.17) is 0 Å². The first kappa shape index (κ1) is 16.3. The summed E-state index contributed by atoms with van der Waals surface area (Å²) in [5.74, 6) is 0.213. The minimum Gasteiger partial charge on any atom is -0.319 e. The highest BCUT2D eigenvalue weighted by molar-refractivity contribution is 7.00. The third kappa shape index (κ3) is 2.82. The maximum Gasteiger partial charge on any atom is 0.255 e. The molecule has 0 fully saturated rings. The Kier molecular flexibility index (Phi) is 3.92. The Balaban J connectivity index is 1.55. The standard InChI is InChI=1S/C17H15N7OS/c1-9-10(2)21-24(11(9)3)17-18-7-13(8-19-17)20-16(25)12-4-5-14-15(6-12)23-26-22-14/h4-8H,1-3H3,(H,20,25). The maximum absolute atomic E-state index is 12.4. The first-order valence-corrected chi connectivity index (χ1v) is 8.65. The molecule has 0 aliphatic rings. The van der Waals surface area contributed by atoms with Crippen LogP contribution in [0.1, 0.15) is 27.3 Å². The molecule has 0 saturated carbocycles. The lowest BCUT2D eigenvalue weighted by Gasteiger charge is -2.06. The highest BCUT2D eigenvalue weighted by Gasteiger charge is 2.12. The van der Waals surface area contributed by atoms with Gasteiger partial charge in [-0.05, 0) is 44.5 Å². The average molecular weight is 365 g/mol. The summed E-state index contributed by atoms with van der Waals surface area (Å²) in [4.78, 5) is 21.0. The Labute approximate surface area is 153 Å². The van der Waals surface area contributed by atoms with Crippen LogP contribution in [0.5, 0.6) is 0 Å². The molecule has 1 N–H and O–H groups in total. The zero-order chi connectivity index (χ0) is 18.3. The van der Waals surface area contributed by atoms with E-state index in [0.29, 0.717) is 22.7 Å². The number of nitrogens with zero attached hydrogens (tertiary/aromatic N) is 6. The van der Waals surface area contributed by atoms with Crippen molar-refractivity contribution >= 4 is 34.4 Å². The summed E-state index contributed by atoms with van der Waals surface area (Å²) >= 11 is 1.12. The van der Waals surface area contributed by atoms with E-state index in [-0.39, 0.29) is 5.91 Å². The quantitative estimate of drug-likeness (QED) is 0.599. The summed E-state index contributed by atoms with van der Waals surface area (Å²) in [5.41, 5.74) is 5.53. The van der Waals surface area contributed by atoms with Crippen molar-refractivity contribution in [1.29, 1.82) is 0 Å². The van der Waals surface area contributed by atoms with Crippen LogP contribution in [0, 0.1) is 20.8 Å². The normalized spacial score (nSPS) is 11.0. The number of hydrogen-bond donors (Lipinski definition) is 1. The smallest absolute Gasteiger partial charge is 0.255 e. The van der Waals surface area contributed by atoms with Gasteiger partial charge >= 0.3 is 0 Å². The second kappa shape index (κ2) is 6.26. The van der Waals surface area contributed by atoms with Crippen LogP contribution in [0.3, 0.4) is 0 Å². The number of fused-ring (bicyclic) bond motifs is 1. The number of hydrogen-bond acceptors (Lipinski definition) is 7. The lowest BCUT2D eigenvalue weighted by atomic mass is 10.2. The van der Waals surface area contributed by atoms with Crippen LogP contribution in [-0.4, -0.2) is 34.4 Å². The van der Waals surface area contributed by atoms with Crippen molar-refractivity contribution < 1.29 is 4.79 Å². The van der Waals surface area contributed by atoms with E-state index < -0.39 is 0 Å². The van der Waals surface area contributed by atoms with Crippen LogP contribution < -0.4 is 5.32 Å². The van der Waals surface area contributed by atoms with Gasteiger partial charge in [0.05, 0.1) is 35.5 Å². The van der Waals surface area contributed by atoms with Crippen molar-refractivity contribution in [2.45, 2.75) is 20.8 Å². The Morgan fingerprint density at radius 1 is 1.08 bits per heavy atom. The first-order valence-electron chi connectivity index (χ1n) is 7.92. The monoisotopic (exact) mass is 365 g/mol. The Bertz CT molecular complexity index is 1110. The topological polar surface area (TPSA) is 98.5 Å². The van der Waals surface area contributed by atoms with Gasteiger partial charge in [-0.3, -0.25) is 4.79 Å². The van der Waals surface area contributed by atoms with Gasteiger partial charge in [-0.25, -0.2) is 14.6 Å². The fourth-order valence-electron chi connectivity index (χ4n) is 2.54. The fourth-order valence-corrected chi connectivity index (χ4v) is 3.05. The van der Waals surface area contributed by atoms with Gasteiger partial charge in [-0.2, -0.15) is 13.8 Å². The van der Waals surface area contributed by atoms with Crippen molar-refractivity contribution in [3.8, 4) is 5.95 Å². The van der Waals surface area contributed by atoms with Gasteiger partial charge in [-0.15, -0.1) is 0 Å². The third-order valence-corrected chi connectivity index (χ3v) is 4.81. The minimum atomic E-state index is -0.252.